The fourth-order valence-electron chi connectivity index (χ4n) is 4.72. The van der Waals surface area contributed by atoms with Gasteiger partial charge >= 0.3 is 5.97 Å². The van der Waals surface area contributed by atoms with E-state index < -0.39 is 11.5 Å². The quantitative estimate of drug-likeness (QED) is 0.624. The summed E-state index contributed by atoms with van der Waals surface area (Å²) in [6.45, 7) is 6.58. The predicted molar refractivity (Wildman–Crippen MR) is 125 cm³/mol. The van der Waals surface area contributed by atoms with E-state index >= 15 is 0 Å². The molecule has 0 aromatic carbocycles. The van der Waals surface area contributed by atoms with Crippen molar-refractivity contribution >= 4 is 29.1 Å². The van der Waals surface area contributed by atoms with Crippen molar-refractivity contribution in [2.45, 2.75) is 71.0 Å². The number of hydrogen-bond donors (Lipinski definition) is 1. The molecule has 2 aromatic rings. The monoisotopic (exact) mass is 472 g/mol. The number of carbonyl (C=O) groups is 3. The maximum Gasteiger partial charge on any atom is 0.358 e. The fourth-order valence-corrected chi connectivity index (χ4v) is 5.42. The SMILES string of the molecule is CCOC(=O)c1cc2n(n1)C[C@](C)(C(=O)NC1CCC(C)CC1)N(CCc1cccs1)C2=O. The minimum Gasteiger partial charge on any atom is -0.461 e. The molecule has 2 amide bonds. The van der Waals surface area contributed by atoms with Crippen molar-refractivity contribution < 1.29 is 19.1 Å². The molecule has 1 saturated carbocycles. The van der Waals surface area contributed by atoms with E-state index in [1.54, 1.807) is 30.1 Å². The Balaban J connectivity index is 1.61. The number of esters is 1. The molecule has 2 aliphatic rings. The highest BCUT2D eigenvalue weighted by Gasteiger charge is 2.48. The molecule has 4 rings (SSSR count). The van der Waals surface area contributed by atoms with E-state index in [2.05, 4.69) is 17.3 Å². The van der Waals surface area contributed by atoms with Gasteiger partial charge in [-0.3, -0.25) is 14.3 Å². The van der Waals surface area contributed by atoms with Gasteiger partial charge in [-0.2, -0.15) is 5.10 Å². The van der Waals surface area contributed by atoms with Crippen LogP contribution in [0, 0.1) is 5.92 Å². The van der Waals surface area contributed by atoms with Crippen molar-refractivity contribution in [3.8, 4) is 0 Å². The molecule has 1 atom stereocenters. The Morgan fingerprint density at radius 2 is 2.06 bits per heavy atom. The van der Waals surface area contributed by atoms with E-state index in [4.69, 9.17) is 4.74 Å². The molecule has 9 heteroatoms. The first kappa shape index (κ1) is 23.5. The molecule has 0 saturated heterocycles. The lowest BCUT2D eigenvalue weighted by atomic mass is 9.86. The largest absolute Gasteiger partial charge is 0.461 e. The molecule has 0 spiro atoms. The summed E-state index contributed by atoms with van der Waals surface area (Å²) in [6.07, 6.45) is 4.74. The van der Waals surface area contributed by atoms with Crippen molar-refractivity contribution in [2.75, 3.05) is 13.2 Å². The van der Waals surface area contributed by atoms with E-state index in [0.29, 0.717) is 24.6 Å². The van der Waals surface area contributed by atoms with Crippen LogP contribution in [-0.4, -0.2) is 57.2 Å². The van der Waals surface area contributed by atoms with Gasteiger partial charge < -0.3 is 15.0 Å². The van der Waals surface area contributed by atoms with Gasteiger partial charge in [-0.1, -0.05) is 13.0 Å². The molecular formula is C24H32N4O4S. The number of nitrogens with zero attached hydrogens (tertiary/aromatic N) is 3. The molecule has 1 fully saturated rings. The number of amides is 2. The van der Waals surface area contributed by atoms with Crippen LogP contribution in [0.3, 0.4) is 0 Å². The molecule has 33 heavy (non-hydrogen) atoms. The van der Waals surface area contributed by atoms with Crippen molar-refractivity contribution in [2.24, 2.45) is 5.92 Å². The summed E-state index contributed by atoms with van der Waals surface area (Å²) in [4.78, 5) is 42.2. The number of ether oxygens (including phenoxy) is 1. The predicted octanol–water partition coefficient (Wildman–Crippen LogP) is 3.27. The van der Waals surface area contributed by atoms with E-state index in [1.165, 1.54) is 10.7 Å². The zero-order chi connectivity index (χ0) is 23.6. The summed E-state index contributed by atoms with van der Waals surface area (Å²) in [5.74, 6) is -0.351. The van der Waals surface area contributed by atoms with E-state index in [0.717, 1.165) is 30.6 Å². The number of carbonyl (C=O) groups excluding carboxylic acids is 3. The number of thiophene rings is 1. The van der Waals surface area contributed by atoms with Gasteiger partial charge in [-0.25, -0.2) is 4.79 Å². The minimum atomic E-state index is -1.11. The highest BCUT2D eigenvalue weighted by molar-refractivity contribution is 7.09. The Kier molecular flexibility index (Phi) is 6.88. The van der Waals surface area contributed by atoms with Crippen LogP contribution in [-0.2, 0) is 22.5 Å². The van der Waals surface area contributed by atoms with Crippen molar-refractivity contribution in [3.63, 3.8) is 0 Å². The normalized spacial score (nSPS) is 24.9. The second kappa shape index (κ2) is 9.67. The first-order valence-electron chi connectivity index (χ1n) is 11.7. The zero-order valence-electron chi connectivity index (χ0n) is 19.5. The fraction of sp³-hybridized carbons (Fsp3) is 0.583. The maximum atomic E-state index is 13.6. The molecule has 8 nitrogen and oxygen atoms in total. The van der Waals surface area contributed by atoms with Crippen LogP contribution >= 0.6 is 11.3 Å². The van der Waals surface area contributed by atoms with Gasteiger partial charge in [0, 0.05) is 23.5 Å². The molecule has 1 N–H and O–H groups in total. The van der Waals surface area contributed by atoms with Crippen LogP contribution in [0.25, 0.3) is 0 Å². The Hall–Kier alpha value is -2.68. The lowest BCUT2D eigenvalue weighted by Crippen LogP contribution is -2.65. The number of fused-ring (bicyclic) bond motifs is 1. The average Bonchev–Trinajstić information content (AvgIpc) is 3.45. The second-order valence-electron chi connectivity index (χ2n) is 9.28. The number of rotatable bonds is 7. The average molecular weight is 473 g/mol. The highest BCUT2D eigenvalue weighted by Crippen LogP contribution is 2.30. The van der Waals surface area contributed by atoms with Crippen LogP contribution in [0.15, 0.2) is 23.6 Å². The third-order valence-corrected chi connectivity index (χ3v) is 7.72. The van der Waals surface area contributed by atoms with Gasteiger partial charge in [-0.05, 0) is 63.3 Å². The Bertz CT molecular complexity index is 1010. The molecule has 1 aliphatic carbocycles. The van der Waals surface area contributed by atoms with Gasteiger partial charge in [0.05, 0.1) is 13.2 Å². The Labute approximate surface area is 198 Å². The molecular weight excluding hydrogens is 440 g/mol. The minimum absolute atomic E-state index is 0.0873. The molecule has 0 bridgehead atoms. The standard InChI is InChI=1S/C24H32N4O4S/c1-4-32-22(30)19-14-20-21(29)27(12-11-18-6-5-13-33-18)24(3,15-28(20)26-19)23(31)25-17-9-7-16(2)8-10-17/h5-6,13-14,16-17H,4,7-12,15H2,1-3H3,(H,25,31)/t16?,17?,24-/m1/s1. The van der Waals surface area contributed by atoms with Crippen molar-refractivity contribution in [3.05, 3.63) is 39.8 Å². The van der Waals surface area contributed by atoms with Gasteiger partial charge in [-0.15, -0.1) is 11.3 Å². The Morgan fingerprint density at radius 3 is 2.73 bits per heavy atom. The number of aromatic nitrogens is 2. The topological polar surface area (TPSA) is 93.5 Å². The summed E-state index contributed by atoms with van der Waals surface area (Å²) >= 11 is 1.63. The summed E-state index contributed by atoms with van der Waals surface area (Å²) in [6, 6.07) is 5.60. The summed E-state index contributed by atoms with van der Waals surface area (Å²) in [7, 11) is 0. The molecule has 2 aromatic heterocycles. The zero-order valence-corrected chi connectivity index (χ0v) is 20.3. The van der Waals surface area contributed by atoms with Crippen LogP contribution in [0.4, 0.5) is 0 Å². The molecule has 0 radical (unpaired) electrons. The summed E-state index contributed by atoms with van der Waals surface area (Å²) in [5, 5.41) is 9.53. The summed E-state index contributed by atoms with van der Waals surface area (Å²) < 4.78 is 6.54. The highest BCUT2D eigenvalue weighted by atomic mass is 32.1. The van der Waals surface area contributed by atoms with Gasteiger partial charge in [0.25, 0.3) is 5.91 Å². The van der Waals surface area contributed by atoms with Crippen molar-refractivity contribution in [1.29, 1.82) is 0 Å². The smallest absolute Gasteiger partial charge is 0.358 e. The van der Waals surface area contributed by atoms with Crippen molar-refractivity contribution in [1.82, 2.24) is 20.0 Å². The van der Waals surface area contributed by atoms with Crippen LogP contribution in [0.5, 0.6) is 0 Å². The lowest BCUT2D eigenvalue weighted by Gasteiger charge is -2.44. The number of hydrogen-bond acceptors (Lipinski definition) is 6. The van der Waals surface area contributed by atoms with Crippen LogP contribution in [0.1, 0.15) is 72.3 Å². The number of nitrogens with one attached hydrogen (secondary N) is 1. The molecule has 1 aliphatic heterocycles. The Morgan fingerprint density at radius 1 is 1.30 bits per heavy atom. The first-order valence-corrected chi connectivity index (χ1v) is 12.6. The first-order chi connectivity index (χ1) is 15.8. The van der Waals surface area contributed by atoms with Gasteiger partial charge in [0.15, 0.2) is 5.69 Å². The maximum absolute atomic E-state index is 13.6. The van der Waals surface area contributed by atoms with Crippen LogP contribution in [0.2, 0.25) is 0 Å². The van der Waals surface area contributed by atoms with Crippen LogP contribution < -0.4 is 5.32 Å². The molecule has 178 valence electrons. The second-order valence-corrected chi connectivity index (χ2v) is 10.3. The van der Waals surface area contributed by atoms with Gasteiger partial charge in [0.2, 0.25) is 5.91 Å². The van der Waals surface area contributed by atoms with E-state index in [9.17, 15) is 14.4 Å². The molecule has 0 unspecified atom stereocenters. The van der Waals surface area contributed by atoms with Gasteiger partial charge in [0.1, 0.15) is 11.2 Å². The third-order valence-electron chi connectivity index (χ3n) is 6.78. The van der Waals surface area contributed by atoms with E-state index in [-0.39, 0.29) is 36.7 Å². The van der Waals surface area contributed by atoms with E-state index in [1.807, 2.05) is 17.5 Å². The third kappa shape index (κ3) is 4.83. The lowest BCUT2D eigenvalue weighted by molar-refractivity contribution is -0.134. The summed E-state index contributed by atoms with van der Waals surface area (Å²) in [5.41, 5.74) is -0.715. The molecule has 3 heterocycles.